The monoisotopic (exact) mass is 420 g/mol. The van der Waals surface area contributed by atoms with E-state index < -0.39 is 6.09 Å². The predicted molar refractivity (Wildman–Crippen MR) is 116 cm³/mol. The van der Waals surface area contributed by atoms with Gasteiger partial charge in [0.2, 0.25) is 0 Å². The summed E-state index contributed by atoms with van der Waals surface area (Å²) >= 11 is 12.7. The summed E-state index contributed by atoms with van der Waals surface area (Å²) in [5.41, 5.74) is 3.80. The quantitative estimate of drug-likeness (QED) is 0.651. The molecule has 28 heavy (non-hydrogen) atoms. The average molecular weight is 421 g/mol. The molecular formula is C22H26Cl2N2O2. The van der Waals surface area contributed by atoms with Crippen molar-refractivity contribution in [3.05, 3.63) is 63.1 Å². The Balaban J connectivity index is 2.04. The van der Waals surface area contributed by atoms with Gasteiger partial charge < -0.3 is 10.0 Å². The number of hydrogen-bond donors (Lipinski definition) is 1. The predicted octanol–water partition coefficient (Wildman–Crippen LogP) is 6.10. The van der Waals surface area contributed by atoms with Crippen LogP contribution in [-0.2, 0) is 6.54 Å². The fourth-order valence-electron chi connectivity index (χ4n) is 3.78. The molecule has 0 saturated heterocycles. The molecule has 0 aromatic heterocycles. The molecule has 6 heteroatoms. The van der Waals surface area contributed by atoms with Crippen molar-refractivity contribution in [1.82, 2.24) is 4.90 Å². The van der Waals surface area contributed by atoms with Crippen LogP contribution in [-0.4, -0.2) is 36.2 Å². The summed E-state index contributed by atoms with van der Waals surface area (Å²) < 4.78 is 0. The van der Waals surface area contributed by atoms with Crippen LogP contribution in [0.1, 0.15) is 43.4 Å². The lowest BCUT2D eigenvalue weighted by molar-refractivity contribution is 0.198. The molecule has 0 fully saturated rings. The number of halogens is 2. The second kappa shape index (κ2) is 7.94. The number of fused-ring (bicyclic) bond motifs is 1. The molecule has 2 aromatic rings. The van der Waals surface area contributed by atoms with Crippen LogP contribution in [0.5, 0.6) is 0 Å². The minimum atomic E-state index is -0.945. The molecule has 0 saturated carbocycles. The molecule has 1 amide bonds. The van der Waals surface area contributed by atoms with E-state index >= 15 is 0 Å². The SMILES string of the molecule is CN1Cc2c(Cl)cc(Cl)cc2C(c2cccc(N(CC(C)(C)C)C(=O)O)c2)C1. The van der Waals surface area contributed by atoms with E-state index in [9.17, 15) is 9.90 Å². The van der Waals surface area contributed by atoms with Crippen LogP contribution in [0.25, 0.3) is 0 Å². The van der Waals surface area contributed by atoms with Gasteiger partial charge in [0.25, 0.3) is 0 Å². The molecule has 0 bridgehead atoms. The van der Waals surface area contributed by atoms with Crippen LogP contribution in [0.4, 0.5) is 10.5 Å². The Morgan fingerprint density at radius 2 is 1.96 bits per heavy atom. The van der Waals surface area contributed by atoms with Gasteiger partial charge in [0, 0.05) is 41.3 Å². The zero-order chi connectivity index (χ0) is 20.6. The van der Waals surface area contributed by atoms with E-state index in [0.717, 1.165) is 29.8 Å². The fourth-order valence-corrected chi connectivity index (χ4v) is 4.35. The first kappa shape index (κ1) is 21.0. The van der Waals surface area contributed by atoms with Gasteiger partial charge in [-0.1, -0.05) is 56.1 Å². The highest BCUT2D eigenvalue weighted by Gasteiger charge is 2.28. The first-order chi connectivity index (χ1) is 13.0. The number of carbonyl (C=O) groups is 1. The number of rotatable bonds is 3. The van der Waals surface area contributed by atoms with Gasteiger partial charge in [0.15, 0.2) is 0 Å². The zero-order valence-corrected chi connectivity index (χ0v) is 18.2. The van der Waals surface area contributed by atoms with E-state index in [4.69, 9.17) is 23.2 Å². The molecule has 2 aromatic carbocycles. The van der Waals surface area contributed by atoms with Crippen LogP contribution in [0, 0.1) is 5.41 Å². The van der Waals surface area contributed by atoms with Crippen molar-refractivity contribution in [2.24, 2.45) is 5.41 Å². The third-order valence-electron chi connectivity index (χ3n) is 4.94. The number of likely N-dealkylation sites (N-methyl/N-ethyl adjacent to an activating group) is 1. The molecule has 1 atom stereocenters. The third-order valence-corrected chi connectivity index (χ3v) is 5.50. The van der Waals surface area contributed by atoms with Crippen molar-refractivity contribution in [3.8, 4) is 0 Å². The number of benzene rings is 2. The number of nitrogens with zero attached hydrogens (tertiary/aromatic N) is 2. The zero-order valence-electron chi connectivity index (χ0n) is 16.7. The third kappa shape index (κ3) is 4.62. The van der Waals surface area contributed by atoms with Crippen molar-refractivity contribution in [2.45, 2.75) is 33.2 Å². The van der Waals surface area contributed by atoms with Gasteiger partial charge in [0.1, 0.15) is 0 Å². The lowest BCUT2D eigenvalue weighted by atomic mass is 9.84. The maximum Gasteiger partial charge on any atom is 0.411 e. The topological polar surface area (TPSA) is 43.8 Å². The Morgan fingerprint density at radius 3 is 2.61 bits per heavy atom. The molecular weight excluding hydrogens is 395 g/mol. The van der Waals surface area contributed by atoms with Crippen molar-refractivity contribution in [3.63, 3.8) is 0 Å². The lowest BCUT2D eigenvalue weighted by Gasteiger charge is -2.34. The van der Waals surface area contributed by atoms with E-state index in [0.29, 0.717) is 22.3 Å². The molecule has 1 heterocycles. The van der Waals surface area contributed by atoms with Crippen LogP contribution < -0.4 is 4.90 Å². The minimum Gasteiger partial charge on any atom is -0.465 e. The number of hydrogen-bond acceptors (Lipinski definition) is 2. The van der Waals surface area contributed by atoms with Crippen LogP contribution in [0.3, 0.4) is 0 Å². The van der Waals surface area contributed by atoms with Gasteiger partial charge >= 0.3 is 6.09 Å². The van der Waals surface area contributed by atoms with E-state index in [1.165, 1.54) is 4.90 Å². The first-order valence-electron chi connectivity index (χ1n) is 9.32. The van der Waals surface area contributed by atoms with Gasteiger partial charge in [-0.15, -0.1) is 0 Å². The van der Waals surface area contributed by atoms with Crippen molar-refractivity contribution < 1.29 is 9.90 Å². The van der Waals surface area contributed by atoms with Crippen molar-refractivity contribution in [2.75, 3.05) is 25.0 Å². The number of carboxylic acid groups (broad SMARTS) is 1. The number of anilines is 1. The molecule has 0 spiro atoms. The summed E-state index contributed by atoms with van der Waals surface area (Å²) in [7, 11) is 2.06. The molecule has 1 aliphatic rings. The Kier molecular flexibility index (Phi) is 5.95. The molecule has 4 nitrogen and oxygen atoms in total. The van der Waals surface area contributed by atoms with Gasteiger partial charge in [-0.3, -0.25) is 4.90 Å². The van der Waals surface area contributed by atoms with Gasteiger partial charge in [-0.05, 0) is 53.4 Å². The summed E-state index contributed by atoms with van der Waals surface area (Å²) in [5.74, 6) is 0.0789. The summed E-state index contributed by atoms with van der Waals surface area (Å²) in [6, 6.07) is 11.6. The molecule has 150 valence electrons. The Bertz CT molecular complexity index is 893. The second-order valence-electron chi connectivity index (χ2n) is 8.73. The largest absolute Gasteiger partial charge is 0.465 e. The van der Waals surface area contributed by atoms with Gasteiger partial charge in [0.05, 0.1) is 0 Å². The van der Waals surface area contributed by atoms with Gasteiger partial charge in [-0.25, -0.2) is 4.79 Å². The van der Waals surface area contributed by atoms with Crippen molar-refractivity contribution >= 4 is 35.0 Å². The van der Waals surface area contributed by atoms with E-state index in [1.54, 1.807) is 6.07 Å². The molecule has 1 aliphatic heterocycles. The molecule has 1 N–H and O–H groups in total. The fraction of sp³-hybridized carbons (Fsp3) is 0.409. The summed E-state index contributed by atoms with van der Waals surface area (Å²) in [5, 5.41) is 11.0. The highest BCUT2D eigenvalue weighted by molar-refractivity contribution is 6.35. The summed E-state index contributed by atoms with van der Waals surface area (Å²) in [6.07, 6.45) is -0.945. The van der Waals surface area contributed by atoms with Crippen LogP contribution in [0.2, 0.25) is 10.0 Å². The summed E-state index contributed by atoms with van der Waals surface area (Å²) in [4.78, 5) is 15.5. The average Bonchev–Trinajstić information content (AvgIpc) is 2.59. The van der Waals surface area contributed by atoms with E-state index in [-0.39, 0.29) is 11.3 Å². The Labute approximate surface area is 176 Å². The maximum atomic E-state index is 11.9. The molecule has 0 aliphatic carbocycles. The highest BCUT2D eigenvalue weighted by Crippen LogP contribution is 2.39. The Morgan fingerprint density at radius 1 is 1.25 bits per heavy atom. The van der Waals surface area contributed by atoms with E-state index in [1.807, 2.05) is 51.1 Å². The molecule has 3 rings (SSSR count). The molecule has 0 radical (unpaired) electrons. The first-order valence-corrected chi connectivity index (χ1v) is 10.1. The smallest absolute Gasteiger partial charge is 0.411 e. The molecule has 1 unspecified atom stereocenters. The minimum absolute atomic E-state index is 0.0789. The Hall–Kier alpha value is -1.75. The highest BCUT2D eigenvalue weighted by atomic mass is 35.5. The standard InChI is InChI=1S/C22H26Cl2N2O2/c1-22(2,3)13-26(21(27)28)16-7-5-6-14(8-16)18-11-25(4)12-19-17(18)9-15(23)10-20(19)24/h5-10,18H,11-13H2,1-4H3,(H,27,28). The maximum absolute atomic E-state index is 11.9. The van der Waals surface area contributed by atoms with Crippen molar-refractivity contribution in [1.29, 1.82) is 0 Å². The second-order valence-corrected chi connectivity index (χ2v) is 9.57. The van der Waals surface area contributed by atoms with Crippen LogP contribution in [0.15, 0.2) is 36.4 Å². The normalized spacial score (nSPS) is 17.3. The van der Waals surface area contributed by atoms with E-state index in [2.05, 4.69) is 11.9 Å². The lowest BCUT2D eigenvalue weighted by Crippen LogP contribution is -2.37. The summed E-state index contributed by atoms with van der Waals surface area (Å²) in [6.45, 7) is 8.10. The van der Waals surface area contributed by atoms with Crippen LogP contribution >= 0.6 is 23.2 Å². The number of amides is 1. The van der Waals surface area contributed by atoms with Gasteiger partial charge in [-0.2, -0.15) is 0 Å².